The molecule has 1 atom stereocenters. The van der Waals surface area contributed by atoms with Gasteiger partial charge in [-0.1, -0.05) is 31.2 Å². The van der Waals surface area contributed by atoms with Gasteiger partial charge in [0.2, 0.25) is 0 Å². The number of hydrogen-bond donors (Lipinski definition) is 1. The molecule has 2 nitrogen and oxygen atoms in total. The van der Waals surface area contributed by atoms with Gasteiger partial charge in [0.15, 0.2) is 0 Å². The van der Waals surface area contributed by atoms with E-state index in [4.69, 9.17) is 10.5 Å². The molecule has 1 aromatic rings. The third-order valence-corrected chi connectivity index (χ3v) is 3.25. The van der Waals surface area contributed by atoms with Gasteiger partial charge in [-0.05, 0) is 18.1 Å². The number of rotatable bonds is 3. The van der Waals surface area contributed by atoms with Gasteiger partial charge in [-0.25, -0.2) is 0 Å². The molecule has 1 unspecified atom stereocenters. The lowest BCUT2D eigenvalue weighted by molar-refractivity contribution is -0.129. The topological polar surface area (TPSA) is 35.2 Å². The average Bonchev–Trinajstić information content (AvgIpc) is 2.18. The summed E-state index contributed by atoms with van der Waals surface area (Å²) in [4.78, 5) is 0. The van der Waals surface area contributed by atoms with Crippen molar-refractivity contribution in [3.05, 3.63) is 35.9 Å². The van der Waals surface area contributed by atoms with E-state index in [1.165, 1.54) is 5.56 Å². The number of ether oxygens (including phenoxy) is 1. The molecule has 0 aliphatic carbocycles. The van der Waals surface area contributed by atoms with Crippen molar-refractivity contribution >= 4 is 0 Å². The summed E-state index contributed by atoms with van der Waals surface area (Å²) in [6, 6.07) is 11.0. The molecule has 0 saturated carbocycles. The fourth-order valence-electron chi connectivity index (χ4n) is 1.93. The van der Waals surface area contributed by atoms with E-state index in [0.717, 1.165) is 19.6 Å². The van der Waals surface area contributed by atoms with Crippen molar-refractivity contribution in [3.63, 3.8) is 0 Å². The predicted octanol–water partition coefficient (Wildman–Crippen LogP) is 1.91. The molecule has 2 N–H and O–H groups in total. The lowest BCUT2D eigenvalue weighted by Gasteiger charge is -2.45. The van der Waals surface area contributed by atoms with E-state index in [-0.39, 0.29) is 11.5 Å². The summed E-state index contributed by atoms with van der Waals surface area (Å²) in [5, 5.41) is 0. The monoisotopic (exact) mass is 190 g/mol. The molecule has 0 spiro atoms. The number of benzene rings is 1. The van der Waals surface area contributed by atoms with Gasteiger partial charge in [-0.2, -0.15) is 0 Å². The van der Waals surface area contributed by atoms with Crippen LogP contribution in [0.4, 0.5) is 0 Å². The van der Waals surface area contributed by atoms with Gasteiger partial charge in [-0.3, -0.25) is 0 Å². The van der Waals surface area contributed by atoms with E-state index in [9.17, 15) is 0 Å². The highest BCUT2D eigenvalue weighted by atomic mass is 16.5. The summed E-state index contributed by atoms with van der Waals surface area (Å²) in [6.07, 6.45) is 1.08. The van der Waals surface area contributed by atoms with E-state index in [0.29, 0.717) is 0 Å². The first kappa shape index (κ1) is 9.69. The Morgan fingerprint density at radius 2 is 2.14 bits per heavy atom. The maximum Gasteiger partial charge on any atom is 0.0563 e. The molecule has 1 fully saturated rings. The Labute approximate surface area is 85.1 Å². The van der Waals surface area contributed by atoms with Crippen LogP contribution in [-0.2, 0) is 4.74 Å². The summed E-state index contributed by atoms with van der Waals surface area (Å²) in [5.74, 6) is 0. The number of nitrogens with two attached hydrogens (primary N) is 1. The van der Waals surface area contributed by atoms with Crippen LogP contribution in [0, 0.1) is 11.5 Å². The van der Waals surface area contributed by atoms with E-state index in [1.807, 2.05) is 24.3 Å². The van der Waals surface area contributed by atoms with E-state index in [2.05, 4.69) is 13.0 Å². The summed E-state index contributed by atoms with van der Waals surface area (Å²) in [6.45, 7) is 3.77. The minimum absolute atomic E-state index is 0.0934. The highest BCUT2D eigenvalue weighted by Gasteiger charge is 2.42. The van der Waals surface area contributed by atoms with E-state index < -0.39 is 0 Å². The minimum atomic E-state index is 0.0934. The molecule has 1 aliphatic rings. The molecule has 14 heavy (non-hydrogen) atoms. The second-order valence-electron chi connectivity index (χ2n) is 4.02. The van der Waals surface area contributed by atoms with Crippen LogP contribution in [0.15, 0.2) is 24.3 Å². The lowest BCUT2D eigenvalue weighted by Crippen LogP contribution is -2.49. The van der Waals surface area contributed by atoms with Crippen LogP contribution in [0.1, 0.15) is 24.9 Å². The molecule has 1 heterocycles. The van der Waals surface area contributed by atoms with Gasteiger partial charge in [-0.15, -0.1) is 0 Å². The molecule has 0 amide bonds. The van der Waals surface area contributed by atoms with Crippen molar-refractivity contribution in [2.45, 2.75) is 19.4 Å². The highest BCUT2D eigenvalue weighted by molar-refractivity contribution is 5.21. The Hall–Kier alpha value is -0.860. The standard InChI is InChI=1S/C12H16NO/c1-2-12(8-14-9-12)11(13)10-6-4-3-5-7-10/h4-7,11H,2,8-9,13H2,1H3. The zero-order valence-corrected chi connectivity index (χ0v) is 8.49. The van der Waals surface area contributed by atoms with E-state index in [1.54, 1.807) is 0 Å². The number of hydrogen-bond acceptors (Lipinski definition) is 2. The first-order chi connectivity index (χ1) is 6.78. The van der Waals surface area contributed by atoms with Gasteiger partial charge < -0.3 is 10.5 Å². The minimum Gasteiger partial charge on any atom is -0.380 e. The Morgan fingerprint density at radius 1 is 1.50 bits per heavy atom. The van der Waals surface area contributed by atoms with E-state index >= 15 is 0 Å². The molecule has 1 aliphatic heterocycles. The van der Waals surface area contributed by atoms with Crippen LogP contribution >= 0.6 is 0 Å². The van der Waals surface area contributed by atoms with Crippen molar-refractivity contribution in [1.82, 2.24) is 0 Å². The smallest absolute Gasteiger partial charge is 0.0563 e. The molecule has 0 aromatic heterocycles. The van der Waals surface area contributed by atoms with Gasteiger partial charge in [0, 0.05) is 11.5 Å². The molecule has 1 aromatic carbocycles. The Morgan fingerprint density at radius 3 is 2.57 bits per heavy atom. The molecule has 1 radical (unpaired) electrons. The quantitative estimate of drug-likeness (QED) is 0.790. The van der Waals surface area contributed by atoms with Crippen molar-refractivity contribution < 1.29 is 4.74 Å². The zero-order valence-electron chi connectivity index (χ0n) is 8.49. The van der Waals surface area contributed by atoms with Crippen LogP contribution in [-0.4, -0.2) is 13.2 Å². The lowest BCUT2D eigenvalue weighted by atomic mass is 9.74. The summed E-state index contributed by atoms with van der Waals surface area (Å²) < 4.78 is 5.28. The van der Waals surface area contributed by atoms with Crippen molar-refractivity contribution in [2.24, 2.45) is 11.1 Å². The van der Waals surface area contributed by atoms with Crippen LogP contribution in [0.25, 0.3) is 0 Å². The van der Waals surface area contributed by atoms with Gasteiger partial charge in [0.1, 0.15) is 0 Å². The molecular formula is C12H16NO. The molecule has 2 rings (SSSR count). The summed E-state index contributed by atoms with van der Waals surface area (Å²) in [7, 11) is 0. The van der Waals surface area contributed by atoms with Crippen molar-refractivity contribution in [3.8, 4) is 0 Å². The molecular weight excluding hydrogens is 174 g/mol. The maximum absolute atomic E-state index is 6.25. The van der Waals surface area contributed by atoms with Gasteiger partial charge in [0.05, 0.1) is 13.2 Å². The molecule has 1 saturated heterocycles. The average molecular weight is 190 g/mol. The SMILES string of the molecule is CCC1(C(N)c2cc[c]cc2)COC1. The Kier molecular flexibility index (Phi) is 2.57. The highest BCUT2D eigenvalue weighted by Crippen LogP contribution is 2.41. The van der Waals surface area contributed by atoms with Crippen LogP contribution in [0.3, 0.4) is 0 Å². The molecule has 2 heteroatoms. The van der Waals surface area contributed by atoms with Crippen molar-refractivity contribution in [1.29, 1.82) is 0 Å². The van der Waals surface area contributed by atoms with Crippen LogP contribution in [0.2, 0.25) is 0 Å². The molecule has 0 bridgehead atoms. The van der Waals surface area contributed by atoms with Crippen LogP contribution < -0.4 is 5.73 Å². The summed E-state index contributed by atoms with van der Waals surface area (Å²) >= 11 is 0. The largest absolute Gasteiger partial charge is 0.380 e. The van der Waals surface area contributed by atoms with Crippen LogP contribution in [0.5, 0.6) is 0 Å². The Balaban J connectivity index is 2.19. The Bertz CT molecular complexity index is 287. The first-order valence-electron chi connectivity index (χ1n) is 5.08. The maximum atomic E-state index is 6.25. The zero-order chi connectivity index (χ0) is 10.0. The van der Waals surface area contributed by atoms with Crippen molar-refractivity contribution in [2.75, 3.05) is 13.2 Å². The second-order valence-corrected chi connectivity index (χ2v) is 4.02. The fraction of sp³-hybridized carbons (Fsp3) is 0.500. The third kappa shape index (κ3) is 1.45. The van der Waals surface area contributed by atoms with Gasteiger partial charge in [0.25, 0.3) is 0 Å². The van der Waals surface area contributed by atoms with Gasteiger partial charge >= 0.3 is 0 Å². The summed E-state index contributed by atoms with van der Waals surface area (Å²) in [5.41, 5.74) is 7.61. The second kappa shape index (κ2) is 3.71. The first-order valence-corrected chi connectivity index (χ1v) is 5.08. The normalized spacial score (nSPS) is 21.3. The fourth-order valence-corrected chi connectivity index (χ4v) is 1.93. The molecule has 75 valence electrons. The third-order valence-electron chi connectivity index (χ3n) is 3.25. The predicted molar refractivity (Wildman–Crippen MR) is 55.7 cm³/mol.